The lowest BCUT2D eigenvalue weighted by Crippen LogP contribution is -2.48. The molecule has 1 unspecified atom stereocenters. The van der Waals surface area contributed by atoms with Gasteiger partial charge in [0.15, 0.2) is 0 Å². The lowest BCUT2D eigenvalue weighted by molar-refractivity contribution is -0.0829. The standard InChI is InChI=1S/C12H21NO/c1-11(2,9-13)12(3,14)10-7-5-4-6-8-10/h10,14H,4-8H2,1-3H3. The van der Waals surface area contributed by atoms with E-state index in [0.717, 1.165) is 12.8 Å². The maximum absolute atomic E-state index is 10.4. The Hall–Kier alpha value is -0.550. The smallest absolute Gasteiger partial charge is 0.0827 e. The van der Waals surface area contributed by atoms with Crippen LogP contribution in [0.5, 0.6) is 0 Å². The molecule has 1 atom stereocenters. The Morgan fingerprint density at radius 1 is 1.14 bits per heavy atom. The van der Waals surface area contributed by atoms with Gasteiger partial charge in [-0.2, -0.15) is 5.26 Å². The van der Waals surface area contributed by atoms with E-state index in [1.165, 1.54) is 19.3 Å². The topological polar surface area (TPSA) is 44.0 Å². The SMILES string of the molecule is CC(C)(C#N)C(C)(O)C1CCCCC1. The molecule has 0 heterocycles. The average Bonchev–Trinajstić information content (AvgIpc) is 2.19. The van der Waals surface area contributed by atoms with Crippen molar-refractivity contribution >= 4 is 0 Å². The van der Waals surface area contributed by atoms with Gasteiger partial charge in [0.2, 0.25) is 0 Å². The summed E-state index contributed by atoms with van der Waals surface area (Å²) in [5.74, 6) is 0.297. The van der Waals surface area contributed by atoms with Crippen LogP contribution in [0.2, 0.25) is 0 Å². The van der Waals surface area contributed by atoms with Crippen LogP contribution in [-0.4, -0.2) is 10.7 Å². The zero-order valence-corrected chi connectivity index (χ0v) is 9.51. The first-order valence-electron chi connectivity index (χ1n) is 5.55. The van der Waals surface area contributed by atoms with Crippen molar-refractivity contribution in [1.29, 1.82) is 5.26 Å². The van der Waals surface area contributed by atoms with E-state index < -0.39 is 11.0 Å². The van der Waals surface area contributed by atoms with Crippen LogP contribution in [0.15, 0.2) is 0 Å². The van der Waals surface area contributed by atoms with Crippen LogP contribution in [0.25, 0.3) is 0 Å². The van der Waals surface area contributed by atoms with Crippen LogP contribution in [0.1, 0.15) is 52.9 Å². The van der Waals surface area contributed by atoms with Crippen molar-refractivity contribution in [1.82, 2.24) is 0 Å². The molecular formula is C12H21NO. The second-order valence-electron chi connectivity index (χ2n) is 5.22. The molecule has 1 N–H and O–H groups in total. The van der Waals surface area contributed by atoms with E-state index in [1.807, 2.05) is 20.8 Å². The molecule has 2 heteroatoms. The summed E-state index contributed by atoms with van der Waals surface area (Å²) in [6.07, 6.45) is 5.81. The summed E-state index contributed by atoms with van der Waals surface area (Å²) in [5.41, 5.74) is -1.49. The summed E-state index contributed by atoms with van der Waals surface area (Å²) in [6, 6.07) is 2.23. The number of rotatable bonds is 2. The van der Waals surface area contributed by atoms with Gasteiger partial charge in [-0.05, 0) is 39.5 Å². The molecule has 1 aliphatic carbocycles. The van der Waals surface area contributed by atoms with Gasteiger partial charge in [0, 0.05) is 0 Å². The van der Waals surface area contributed by atoms with Crippen molar-refractivity contribution in [3.05, 3.63) is 0 Å². The highest BCUT2D eigenvalue weighted by atomic mass is 16.3. The third-order valence-corrected chi connectivity index (χ3v) is 3.94. The quantitative estimate of drug-likeness (QED) is 0.736. The highest BCUT2D eigenvalue weighted by Crippen LogP contribution is 2.42. The summed E-state index contributed by atoms with van der Waals surface area (Å²) in [7, 11) is 0. The van der Waals surface area contributed by atoms with Crippen molar-refractivity contribution in [3.63, 3.8) is 0 Å². The Balaban J connectivity index is 2.78. The molecule has 0 radical (unpaired) electrons. The van der Waals surface area contributed by atoms with Crippen LogP contribution in [0.3, 0.4) is 0 Å². The largest absolute Gasteiger partial charge is 0.388 e. The average molecular weight is 195 g/mol. The Bertz CT molecular complexity index is 231. The van der Waals surface area contributed by atoms with E-state index in [0.29, 0.717) is 5.92 Å². The van der Waals surface area contributed by atoms with Crippen molar-refractivity contribution in [3.8, 4) is 6.07 Å². The predicted octanol–water partition coefficient (Wildman–Crippen LogP) is 2.87. The summed E-state index contributed by atoms with van der Waals surface area (Å²) in [6.45, 7) is 5.50. The van der Waals surface area contributed by atoms with E-state index in [4.69, 9.17) is 5.26 Å². The summed E-state index contributed by atoms with van der Waals surface area (Å²) in [5, 5.41) is 19.5. The van der Waals surface area contributed by atoms with E-state index >= 15 is 0 Å². The van der Waals surface area contributed by atoms with Crippen molar-refractivity contribution in [2.45, 2.75) is 58.5 Å². The van der Waals surface area contributed by atoms with Crippen LogP contribution in [0.4, 0.5) is 0 Å². The molecule has 0 aromatic heterocycles. The second-order valence-corrected chi connectivity index (χ2v) is 5.22. The number of nitrogens with zero attached hydrogens (tertiary/aromatic N) is 1. The molecule has 14 heavy (non-hydrogen) atoms. The molecule has 80 valence electrons. The fraction of sp³-hybridized carbons (Fsp3) is 0.917. The van der Waals surface area contributed by atoms with Gasteiger partial charge in [0.1, 0.15) is 0 Å². The molecule has 0 bridgehead atoms. The van der Waals surface area contributed by atoms with Crippen LogP contribution in [-0.2, 0) is 0 Å². The van der Waals surface area contributed by atoms with Crippen molar-refractivity contribution in [2.75, 3.05) is 0 Å². The Morgan fingerprint density at radius 2 is 1.64 bits per heavy atom. The minimum Gasteiger partial charge on any atom is -0.388 e. The molecule has 0 amide bonds. The van der Waals surface area contributed by atoms with E-state index in [-0.39, 0.29) is 0 Å². The van der Waals surface area contributed by atoms with Gasteiger partial charge in [-0.15, -0.1) is 0 Å². The monoisotopic (exact) mass is 195 g/mol. The zero-order valence-electron chi connectivity index (χ0n) is 9.51. The predicted molar refractivity (Wildman–Crippen MR) is 56.6 cm³/mol. The fourth-order valence-electron chi connectivity index (χ4n) is 2.29. The summed E-state index contributed by atoms with van der Waals surface area (Å²) in [4.78, 5) is 0. The highest BCUT2D eigenvalue weighted by molar-refractivity contribution is 5.07. The zero-order chi connectivity index (χ0) is 10.8. The molecule has 1 aliphatic rings. The number of hydrogen-bond donors (Lipinski definition) is 1. The molecule has 1 saturated carbocycles. The summed E-state index contributed by atoms with van der Waals surface area (Å²) < 4.78 is 0. The van der Waals surface area contributed by atoms with Crippen LogP contribution >= 0.6 is 0 Å². The third-order valence-electron chi connectivity index (χ3n) is 3.94. The van der Waals surface area contributed by atoms with Gasteiger partial charge in [-0.1, -0.05) is 19.3 Å². The van der Waals surface area contributed by atoms with Gasteiger partial charge in [0.05, 0.1) is 17.1 Å². The normalized spacial score (nSPS) is 23.9. The minimum absolute atomic E-state index is 0.297. The number of nitriles is 1. The molecule has 0 aliphatic heterocycles. The van der Waals surface area contributed by atoms with E-state index in [9.17, 15) is 5.11 Å². The maximum atomic E-state index is 10.4. The fourth-order valence-corrected chi connectivity index (χ4v) is 2.29. The van der Waals surface area contributed by atoms with Gasteiger partial charge < -0.3 is 5.11 Å². The molecule has 0 aromatic rings. The van der Waals surface area contributed by atoms with Crippen molar-refractivity contribution in [2.24, 2.45) is 11.3 Å². The Kier molecular flexibility index (Phi) is 3.21. The first kappa shape index (κ1) is 11.5. The lowest BCUT2D eigenvalue weighted by Gasteiger charge is -2.43. The summed E-state index contributed by atoms with van der Waals surface area (Å²) >= 11 is 0. The number of aliphatic hydroxyl groups is 1. The van der Waals surface area contributed by atoms with E-state index in [1.54, 1.807) is 0 Å². The molecule has 1 fully saturated rings. The number of hydrogen-bond acceptors (Lipinski definition) is 2. The maximum Gasteiger partial charge on any atom is 0.0827 e. The molecular weight excluding hydrogens is 174 g/mol. The molecule has 2 nitrogen and oxygen atoms in total. The second kappa shape index (κ2) is 3.90. The highest BCUT2D eigenvalue weighted by Gasteiger charge is 2.45. The van der Waals surface area contributed by atoms with Crippen LogP contribution < -0.4 is 0 Å². The first-order valence-corrected chi connectivity index (χ1v) is 5.55. The van der Waals surface area contributed by atoms with Crippen LogP contribution in [0, 0.1) is 22.7 Å². The van der Waals surface area contributed by atoms with Gasteiger partial charge in [0.25, 0.3) is 0 Å². The van der Waals surface area contributed by atoms with Gasteiger partial charge in [-0.25, -0.2) is 0 Å². The van der Waals surface area contributed by atoms with Gasteiger partial charge in [-0.3, -0.25) is 0 Å². The lowest BCUT2D eigenvalue weighted by atomic mass is 9.65. The molecule has 1 rings (SSSR count). The first-order chi connectivity index (χ1) is 6.42. The van der Waals surface area contributed by atoms with Gasteiger partial charge >= 0.3 is 0 Å². The molecule has 0 aromatic carbocycles. The third kappa shape index (κ3) is 1.93. The minimum atomic E-state index is -0.845. The molecule has 0 saturated heterocycles. The van der Waals surface area contributed by atoms with Crippen molar-refractivity contribution < 1.29 is 5.11 Å². The Labute approximate surface area is 86.9 Å². The molecule has 0 spiro atoms. The Morgan fingerprint density at radius 3 is 2.07 bits per heavy atom. The van der Waals surface area contributed by atoms with E-state index in [2.05, 4.69) is 6.07 Å².